The van der Waals surface area contributed by atoms with E-state index in [0.717, 1.165) is 29.0 Å². The van der Waals surface area contributed by atoms with E-state index in [1.54, 1.807) is 11.8 Å². The van der Waals surface area contributed by atoms with Crippen molar-refractivity contribution in [1.82, 2.24) is 0 Å². The first kappa shape index (κ1) is 13.4. The average Bonchev–Trinajstić information content (AvgIpc) is 2.34. The van der Waals surface area contributed by atoms with Crippen molar-refractivity contribution in [3.63, 3.8) is 0 Å². The predicted octanol–water partition coefficient (Wildman–Crippen LogP) is 1.86. The number of benzene rings is 1. The molecular formula is C13H19N3OS. The quantitative estimate of drug-likeness (QED) is 0.776. The van der Waals surface area contributed by atoms with E-state index in [4.69, 9.17) is 11.5 Å². The molecule has 0 saturated carbocycles. The summed E-state index contributed by atoms with van der Waals surface area (Å²) in [5.74, 6) is 0.539. The predicted molar refractivity (Wildman–Crippen MR) is 75.6 cm³/mol. The Hall–Kier alpha value is -1.04. The van der Waals surface area contributed by atoms with Crippen molar-refractivity contribution in [1.29, 1.82) is 0 Å². The fraction of sp³-hybridized carbons (Fsp3) is 0.462. The van der Waals surface area contributed by atoms with Crippen LogP contribution in [0.5, 0.6) is 0 Å². The van der Waals surface area contributed by atoms with Crippen molar-refractivity contribution < 1.29 is 4.79 Å². The summed E-state index contributed by atoms with van der Waals surface area (Å²) in [6, 6.07) is 6.19. The van der Waals surface area contributed by atoms with Crippen molar-refractivity contribution >= 4 is 23.4 Å². The molecule has 4 nitrogen and oxygen atoms in total. The molecule has 5 heteroatoms. The summed E-state index contributed by atoms with van der Waals surface area (Å²) in [5.41, 5.74) is 13.8. The van der Waals surface area contributed by atoms with Gasteiger partial charge in [0.1, 0.15) is 0 Å². The highest BCUT2D eigenvalue weighted by atomic mass is 32.2. The number of hydrogen-bond donors (Lipinski definition) is 3. The van der Waals surface area contributed by atoms with E-state index in [0.29, 0.717) is 5.75 Å². The molecule has 18 heavy (non-hydrogen) atoms. The average molecular weight is 265 g/mol. The number of amides is 1. The summed E-state index contributed by atoms with van der Waals surface area (Å²) in [7, 11) is 0. The van der Waals surface area contributed by atoms with Crippen molar-refractivity contribution in [2.75, 3.05) is 11.1 Å². The third-order valence-corrected chi connectivity index (χ3v) is 4.07. The molecule has 1 aromatic carbocycles. The number of hydrogen-bond acceptors (Lipinski definition) is 4. The topological polar surface area (TPSA) is 81.1 Å². The molecule has 0 fully saturated rings. The number of anilines is 1. The second-order valence-corrected chi connectivity index (χ2v) is 5.77. The van der Waals surface area contributed by atoms with Crippen LogP contribution in [0, 0.1) is 0 Å². The van der Waals surface area contributed by atoms with Crippen LogP contribution in [-0.2, 0) is 4.79 Å². The van der Waals surface area contributed by atoms with Gasteiger partial charge in [-0.2, -0.15) is 0 Å². The van der Waals surface area contributed by atoms with Crippen LogP contribution in [0.1, 0.15) is 31.4 Å². The number of nitrogens with one attached hydrogen (secondary N) is 1. The Morgan fingerprint density at radius 1 is 1.39 bits per heavy atom. The van der Waals surface area contributed by atoms with Gasteiger partial charge in [0.25, 0.3) is 0 Å². The summed E-state index contributed by atoms with van der Waals surface area (Å²) in [5, 5.41) is 2.88. The van der Waals surface area contributed by atoms with Crippen LogP contribution >= 0.6 is 11.8 Å². The van der Waals surface area contributed by atoms with Gasteiger partial charge in [0.05, 0.1) is 11.4 Å². The molecule has 0 saturated heterocycles. The Bertz CT molecular complexity index is 448. The lowest BCUT2D eigenvalue weighted by Crippen LogP contribution is -2.21. The Kier molecular flexibility index (Phi) is 4.27. The van der Waals surface area contributed by atoms with Gasteiger partial charge in [-0.1, -0.05) is 6.07 Å². The molecule has 0 radical (unpaired) electrons. The molecule has 0 spiro atoms. The third kappa shape index (κ3) is 3.25. The number of rotatable bonds is 4. The summed E-state index contributed by atoms with van der Waals surface area (Å²) in [6.45, 7) is 1.98. The summed E-state index contributed by atoms with van der Waals surface area (Å²) >= 11 is 1.56. The van der Waals surface area contributed by atoms with Gasteiger partial charge in [-0.05, 0) is 37.5 Å². The lowest BCUT2D eigenvalue weighted by molar-refractivity contribution is -0.113. The van der Waals surface area contributed by atoms with Crippen LogP contribution in [0.4, 0.5) is 5.69 Å². The highest BCUT2D eigenvalue weighted by molar-refractivity contribution is 8.00. The molecule has 98 valence electrons. The molecule has 2 rings (SSSR count). The minimum absolute atomic E-state index is 0.0230. The monoisotopic (exact) mass is 265 g/mol. The van der Waals surface area contributed by atoms with E-state index in [-0.39, 0.29) is 18.0 Å². The molecule has 2 unspecified atom stereocenters. The number of carbonyl (C=O) groups is 1. The summed E-state index contributed by atoms with van der Waals surface area (Å²) in [4.78, 5) is 12.5. The van der Waals surface area contributed by atoms with Crippen molar-refractivity contribution in [2.24, 2.45) is 11.5 Å². The van der Waals surface area contributed by atoms with E-state index in [2.05, 4.69) is 5.32 Å². The van der Waals surface area contributed by atoms with Gasteiger partial charge in [0.2, 0.25) is 5.91 Å². The van der Waals surface area contributed by atoms with Crippen LogP contribution in [0.25, 0.3) is 0 Å². The molecule has 2 atom stereocenters. The van der Waals surface area contributed by atoms with E-state index in [1.807, 2.05) is 25.1 Å². The Labute approximate surface area is 111 Å². The summed E-state index contributed by atoms with van der Waals surface area (Å²) in [6.07, 6.45) is 1.76. The highest BCUT2D eigenvalue weighted by Crippen LogP contribution is 2.33. The standard InChI is InChI=1S/C13H19N3OS/c1-8(14)2-4-10(15)9-3-5-12-11(6-9)16-13(17)7-18-12/h3,5-6,8,10H,2,4,7,14-15H2,1H3,(H,16,17). The lowest BCUT2D eigenvalue weighted by atomic mass is 10.0. The maximum absolute atomic E-state index is 11.3. The van der Waals surface area contributed by atoms with Crippen LogP contribution in [0.3, 0.4) is 0 Å². The van der Waals surface area contributed by atoms with Gasteiger partial charge in [-0.15, -0.1) is 11.8 Å². The van der Waals surface area contributed by atoms with Crippen molar-refractivity contribution in [3.05, 3.63) is 23.8 Å². The van der Waals surface area contributed by atoms with E-state index in [9.17, 15) is 4.79 Å². The number of fused-ring (bicyclic) bond motifs is 1. The first-order chi connectivity index (χ1) is 8.56. The van der Waals surface area contributed by atoms with E-state index in [1.165, 1.54) is 0 Å². The second-order valence-electron chi connectivity index (χ2n) is 4.75. The first-order valence-electron chi connectivity index (χ1n) is 6.14. The number of carbonyl (C=O) groups excluding carboxylic acids is 1. The second kappa shape index (κ2) is 5.73. The maximum Gasteiger partial charge on any atom is 0.234 e. The smallest absolute Gasteiger partial charge is 0.234 e. The van der Waals surface area contributed by atoms with Crippen molar-refractivity contribution in [3.8, 4) is 0 Å². The summed E-state index contributed by atoms with van der Waals surface area (Å²) < 4.78 is 0. The molecule has 0 bridgehead atoms. The zero-order valence-corrected chi connectivity index (χ0v) is 11.3. The molecule has 0 aliphatic carbocycles. The van der Waals surface area contributed by atoms with E-state index < -0.39 is 0 Å². The van der Waals surface area contributed by atoms with Crippen LogP contribution in [0.15, 0.2) is 23.1 Å². The largest absolute Gasteiger partial charge is 0.328 e. The third-order valence-electron chi connectivity index (χ3n) is 3.00. The fourth-order valence-corrected chi connectivity index (χ4v) is 2.73. The zero-order valence-electron chi connectivity index (χ0n) is 10.5. The Morgan fingerprint density at radius 3 is 2.89 bits per heavy atom. The normalized spacial score (nSPS) is 17.8. The SMILES string of the molecule is CC(N)CCC(N)c1ccc2c(c1)NC(=O)CS2. The highest BCUT2D eigenvalue weighted by Gasteiger charge is 2.17. The molecule has 1 aliphatic heterocycles. The Morgan fingerprint density at radius 2 is 2.17 bits per heavy atom. The molecule has 1 heterocycles. The minimum Gasteiger partial charge on any atom is -0.328 e. The van der Waals surface area contributed by atoms with Crippen LogP contribution < -0.4 is 16.8 Å². The molecule has 1 aliphatic rings. The van der Waals surface area contributed by atoms with Gasteiger partial charge in [-0.3, -0.25) is 4.79 Å². The van der Waals surface area contributed by atoms with Gasteiger partial charge in [0, 0.05) is 17.0 Å². The van der Waals surface area contributed by atoms with E-state index >= 15 is 0 Å². The van der Waals surface area contributed by atoms with Gasteiger partial charge in [0.15, 0.2) is 0 Å². The number of thioether (sulfide) groups is 1. The molecular weight excluding hydrogens is 246 g/mol. The Balaban J connectivity index is 2.10. The fourth-order valence-electron chi connectivity index (χ4n) is 1.94. The molecule has 0 aromatic heterocycles. The van der Waals surface area contributed by atoms with Crippen molar-refractivity contribution in [2.45, 2.75) is 36.7 Å². The van der Waals surface area contributed by atoms with Crippen LogP contribution in [0.2, 0.25) is 0 Å². The van der Waals surface area contributed by atoms with Gasteiger partial charge >= 0.3 is 0 Å². The lowest BCUT2D eigenvalue weighted by Gasteiger charge is -2.19. The molecule has 1 aromatic rings. The van der Waals surface area contributed by atoms with Gasteiger partial charge < -0.3 is 16.8 Å². The maximum atomic E-state index is 11.3. The molecule has 1 amide bonds. The molecule has 5 N–H and O–H groups in total. The van der Waals surface area contributed by atoms with Crippen LogP contribution in [-0.4, -0.2) is 17.7 Å². The first-order valence-corrected chi connectivity index (χ1v) is 7.12. The van der Waals surface area contributed by atoms with Gasteiger partial charge in [-0.25, -0.2) is 0 Å². The minimum atomic E-state index is -0.0230. The number of nitrogens with two attached hydrogens (primary N) is 2. The zero-order chi connectivity index (χ0) is 13.1.